The first-order chi connectivity index (χ1) is 14.2. The topological polar surface area (TPSA) is 59.1 Å². The van der Waals surface area contributed by atoms with Crippen molar-refractivity contribution < 1.29 is 71.7 Å². The molecule has 32 heavy (non-hydrogen) atoms. The quantitative estimate of drug-likeness (QED) is 0.223. The van der Waals surface area contributed by atoms with E-state index in [1.54, 1.807) is 0 Å². The molecule has 0 atom stereocenters. The first-order valence-electron chi connectivity index (χ1n) is 7.78. The van der Waals surface area contributed by atoms with Crippen LogP contribution in [0.1, 0.15) is 12.8 Å². The van der Waals surface area contributed by atoms with E-state index in [0.29, 0.717) is 6.08 Å². The highest BCUT2D eigenvalue weighted by molar-refractivity contribution is 5.70. The van der Waals surface area contributed by atoms with Crippen molar-refractivity contribution in [2.24, 2.45) is 0 Å². The summed E-state index contributed by atoms with van der Waals surface area (Å²) in [5, 5.41) is 0. The van der Waals surface area contributed by atoms with Crippen LogP contribution in [0.15, 0.2) is 12.2 Å². The summed E-state index contributed by atoms with van der Waals surface area (Å²) in [7, 11) is 1.92. The van der Waals surface area contributed by atoms with Crippen molar-refractivity contribution in [2.75, 3.05) is 27.3 Å². The molecule has 18 heteroatoms. The van der Waals surface area contributed by atoms with Crippen LogP contribution >= 0.6 is 0 Å². The number of rotatable bonds is 7. The fraction of sp³-hybridized carbons (Fsp3) is 0.714. The summed E-state index contributed by atoms with van der Waals surface area (Å²) in [5.74, 6) is -1.90. The zero-order valence-electron chi connectivity index (χ0n) is 16.0. The number of esters is 2. The molecule has 0 heterocycles. The average molecular weight is 504 g/mol. The van der Waals surface area contributed by atoms with E-state index in [2.05, 4.69) is 9.47 Å². The van der Waals surface area contributed by atoms with Gasteiger partial charge in [-0.1, -0.05) is 12.2 Å². The van der Waals surface area contributed by atoms with Gasteiger partial charge in [0.2, 0.25) is 0 Å². The van der Waals surface area contributed by atoms with E-state index >= 15 is 0 Å². The Balaban J connectivity index is 0. The molecule has 0 unspecified atom stereocenters. The van der Waals surface area contributed by atoms with E-state index in [4.69, 9.17) is 0 Å². The molecule has 0 aliphatic rings. The molecule has 0 radical (unpaired) electrons. The van der Waals surface area contributed by atoms with Crippen molar-refractivity contribution in [3.8, 4) is 0 Å². The van der Waals surface area contributed by atoms with Crippen LogP contribution in [0.2, 0.25) is 0 Å². The van der Waals surface area contributed by atoms with Gasteiger partial charge in [-0.25, -0.2) is 0 Å². The molecule has 0 aliphatic carbocycles. The number of nitrogens with zero attached hydrogens (tertiary/aromatic N) is 2. The molecule has 0 aromatic rings. The van der Waals surface area contributed by atoms with Gasteiger partial charge >= 0.3 is 37.1 Å². The summed E-state index contributed by atoms with van der Waals surface area (Å²) in [6.45, 7) is -2.93. The lowest BCUT2D eigenvalue weighted by atomic mass is 10.3. The average Bonchev–Trinajstić information content (AvgIpc) is 2.57. The van der Waals surface area contributed by atoms with Crippen molar-refractivity contribution in [1.29, 1.82) is 0 Å². The van der Waals surface area contributed by atoms with Gasteiger partial charge in [-0.3, -0.25) is 9.59 Å². The van der Waals surface area contributed by atoms with Gasteiger partial charge in [0.15, 0.2) is 0 Å². The van der Waals surface area contributed by atoms with Crippen LogP contribution in [-0.4, -0.2) is 74.2 Å². The minimum Gasteiger partial charge on any atom is -0.469 e. The molecule has 0 aromatic carbocycles. The van der Waals surface area contributed by atoms with E-state index in [9.17, 15) is 62.3 Å². The SMILES string of the molecule is COC(=O)C/C=C/CN(C(F)(F)F)C(F)(F)F.COC(=O)CCN(C(F)(F)F)C(F)(F)F. The number of alkyl halides is 12. The highest BCUT2D eigenvalue weighted by atomic mass is 19.4. The minimum absolute atomic E-state index is 0.389. The minimum atomic E-state index is -5.56. The summed E-state index contributed by atoms with van der Waals surface area (Å²) < 4.78 is 151. The van der Waals surface area contributed by atoms with Gasteiger partial charge < -0.3 is 9.47 Å². The van der Waals surface area contributed by atoms with Crippen LogP contribution in [0.5, 0.6) is 0 Å². The maximum atomic E-state index is 11.9. The van der Waals surface area contributed by atoms with Gasteiger partial charge in [0, 0.05) is 13.1 Å². The molecular weight excluding hydrogens is 488 g/mol. The van der Waals surface area contributed by atoms with E-state index in [0.717, 1.165) is 20.3 Å². The molecule has 0 bridgehead atoms. The van der Waals surface area contributed by atoms with Crippen LogP contribution < -0.4 is 0 Å². The van der Waals surface area contributed by atoms with E-state index in [1.165, 1.54) is 0 Å². The molecule has 0 spiro atoms. The Hall–Kier alpha value is -2.24. The molecular formula is C14H16F12N2O4. The summed E-state index contributed by atoms with van der Waals surface area (Å²) in [5.41, 5.74) is 0. The molecule has 6 nitrogen and oxygen atoms in total. The summed E-state index contributed by atoms with van der Waals surface area (Å²) in [4.78, 5) is 17.6. The Labute approximate surface area is 172 Å². The molecule has 0 N–H and O–H groups in total. The molecule has 190 valence electrons. The van der Waals surface area contributed by atoms with Crippen molar-refractivity contribution in [2.45, 2.75) is 38.0 Å². The lowest BCUT2D eigenvalue weighted by Crippen LogP contribution is -2.48. The normalized spacial score (nSPS) is 13.2. The largest absolute Gasteiger partial charge is 0.469 e. The van der Waals surface area contributed by atoms with Crippen LogP contribution in [0, 0.1) is 0 Å². The van der Waals surface area contributed by atoms with Gasteiger partial charge in [0.05, 0.1) is 27.1 Å². The monoisotopic (exact) mass is 504 g/mol. The second-order valence-corrected chi connectivity index (χ2v) is 5.21. The smallest absolute Gasteiger partial charge is 0.467 e. The molecule has 0 fully saturated rings. The number of hydrogen-bond acceptors (Lipinski definition) is 6. The van der Waals surface area contributed by atoms with Crippen molar-refractivity contribution in [3.05, 3.63) is 12.2 Å². The third-order valence-electron chi connectivity index (χ3n) is 2.96. The van der Waals surface area contributed by atoms with Crippen molar-refractivity contribution in [1.82, 2.24) is 9.80 Å². The molecule has 0 rings (SSSR count). The predicted octanol–water partition coefficient (Wildman–Crippen LogP) is 4.34. The highest BCUT2D eigenvalue weighted by Crippen LogP contribution is 2.34. The standard InChI is InChI=1S/C8H9F6NO2.C6H7F6NO2/c1-17-6(16)4-2-3-5-15(7(9,10)11)8(12,13)14;1-15-4(14)2-3-13(5(7,8)9)6(10,11)12/h2-3H,4-5H2,1H3;2-3H2,1H3/b3-2+;. The maximum Gasteiger partial charge on any atom is 0.467 e. The zero-order chi connectivity index (χ0) is 26.0. The first kappa shape index (κ1) is 31.9. The van der Waals surface area contributed by atoms with Gasteiger partial charge in [0.1, 0.15) is 0 Å². The van der Waals surface area contributed by atoms with Gasteiger partial charge in [-0.2, -0.15) is 52.7 Å². The number of carbonyl (C=O) groups is 2. The molecule has 0 saturated heterocycles. The Morgan fingerprint density at radius 3 is 1.34 bits per heavy atom. The van der Waals surface area contributed by atoms with E-state index in [1.807, 2.05) is 0 Å². The second-order valence-electron chi connectivity index (χ2n) is 5.21. The zero-order valence-corrected chi connectivity index (χ0v) is 16.0. The Morgan fingerprint density at radius 2 is 1.03 bits per heavy atom. The Kier molecular flexibility index (Phi) is 12.7. The maximum absolute atomic E-state index is 11.9. The Morgan fingerprint density at radius 1 is 0.656 bits per heavy atom. The third-order valence-corrected chi connectivity index (χ3v) is 2.96. The number of methoxy groups -OCH3 is 2. The van der Waals surface area contributed by atoms with Crippen LogP contribution in [0.3, 0.4) is 0 Å². The summed E-state index contributed by atoms with van der Waals surface area (Å²) >= 11 is 0. The molecule has 0 saturated carbocycles. The highest BCUT2D eigenvalue weighted by Gasteiger charge is 2.54. The molecule has 0 aromatic heterocycles. The lowest BCUT2D eigenvalue weighted by molar-refractivity contribution is -0.373. The van der Waals surface area contributed by atoms with Crippen molar-refractivity contribution in [3.63, 3.8) is 0 Å². The van der Waals surface area contributed by atoms with Gasteiger partial charge in [-0.15, -0.1) is 9.80 Å². The fourth-order valence-electron chi connectivity index (χ4n) is 1.50. The number of hydrogen-bond donors (Lipinski definition) is 0. The molecule has 0 aliphatic heterocycles. The van der Waals surface area contributed by atoms with Gasteiger partial charge in [0.25, 0.3) is 0 Å². The van der Waals surface area contributed by atoms with Crippen LogP contribution in [0.25, 0.3) is 0 Å². The third kappa shape index (κ3) is 13.9. The number of ether oxygens (including phenoxy) is 2. The number of carbonyl (C=O) groups excluding carboxylic acids is 2. The molecule has 0 amide bonds. The summed E-state index contributed by atoms with van der Waals surface area (Å²) in [6, 6.07) is 0. The lowest BCUT2D eigenvalue weighted by Gasteiger charge is -2.26. The van der Waals surface area contributed by atoms with Crippen molar-refractivity contribution >= 4 is 11.9 Å². The predicted molar refractivity (Wildman–Crippen MR) is 80.0 cm³/mol. The van der Waals surface area contributed by atoms with E-state index < -0.39 is 66.4 Å². The number of halogens is 12. The second kappa shape index (κ2) is 12.7. The van der Waals surface area contributed by atoms with Crippen LogP contribution in [0.4, 0.5) is 52.7 Å². The first-order valence-corrected chi connectivity index (χ1v) is 7.78. The Bertz CT molecular complexity index is 583. The fourth-order valence-corrected chi connectivity index (χ4v) is 1.50. The van der Waals surface area contributed by atoms with Gasteiger partial charge in [-0.05, 0) is 0 Å². The van der Waals surface area contributed by atoms with E-state index in [-0.39, 0.29) is 6.42 Å². The summed E-state index contributed by atoms with van der Waals surface area (Å²) in [6.07, 6.45) is -22.1. The van der Waals surface area contributed by atoms with Crippen LogP contribution in [-0.2, 0) is 19.1 Å².